The topological polar surface area (TPSA) is 20.2 Å². The number of aliphatic hydroxyl groups is 1. The standard InChI is InChI=1S/C14H19BrO/c15-13-8-6-11(7-9-13)10-14(16)12-4-2-1-3-5-12/h6-9,12,14,16H,1-5,10H2. The number of rotatable bonds is 3. The molecule has 1 aliphatic rings. The minimum Gasteiger partial charge on any atom is -0.392 e. The molecule has 0 radical (unpaired) electrons. The van der Waals surface area contributed by atoms with E-state index in [9.17, 15) is 5.11 Å². The Kier molecular flexibility index (Phi) is 4.42. The molecule has 16 heavy (non-hydrogen) atoms. The summed E-state index contributed by atoms with van der Waals surface area (Å²) in [7, 11) is 0. The molecule has 1 saturated carbocycles. The Bertz CT molecular complexity index is 314. The van der Waals surface area contributed by atoms with E-state index >= 15 is 0 Å². The van der Waals surface area contributed by atoms with Crippen molar-refractivity contribution in [3.8, 4) is 0 Å². The van der Waals surface area contributed by atoms with Crippen molar-refractivity contribution in [3.63, 3.8) is 0 Å². The number of hydrogen-bond acceptors (Lipinski definition) is 1. The second kappa shape index (κ2) is 5.83. The molecule has 1 fully saturated rings. The molecular formula is C14H19BrO. The van der Waals surface area contributed by atoms with Crippen LogP contribution in [0, 0.1) is 5.92 Å². The zero-order chi connectivity index (χ0) is 11.4. The van der Waals surface area contributed by atoms with Gasteiger partial charge in [0.1, 0.15) is 0 Å². The molecule has 2 rings (SSSR count). The molecule has 1 atom stereocenters. The molecule has 1 aromatic rings. The lowest BCUT2D eigenvalue weighted by atomic mass is 9.83. The maximum atomic E-state index is 10.2. The van der Waals surface area contributed by atoms with Gasteiger partial charge in [-0.2, -0.15) is 0 Å². The zero-order valence-corrected chi connectivity index (χ0v) is 11.1. The molecule has 88 valence electrons. The Morgan fingerprint density at radius 2 is 1.75 bits per heavy atom. The Morgan fingerprint density at radius 3 is 2.38 bits per heavy atom. The van der Waals surface area contributed by atoms with Crippen molar-refractivity contribution >= 4 is 15.9 Å². The third kappa shape index (κ3) is 3.33. The van der Waals surface area contributed by atoms with Gasteiger partial charge < -0.3 is 5.11 Å². The Hall–Kier alpha value is -0.340. The van der Waals surface area contributed by atoms with E-state index in [0.29, 0.717) is 5.92 Å². The second-order valence-electron chi connectivity index (χ2n) is 4.80. The van der Waals surface area contributed by atoms with E-state index in [0.717, 1.165) is 10.9 Å². The van der Waals surface area contributed by atoms with Gasteiger partial charge in [0, 0.05) is 4.47 Å². The van der Waals surface area contributed by atoms with Crippen LogP contribution >= 0.6 is 15.9 Å². The van der Waals surface area contributed by atoms with E-state index in [2.05, 4.69) is 28.1 Å². The van der Waals surface area contributed by atoms with Crippen LogP contribution in [0.5, 0.6) is 0 Å². The minimum absolute atomic E-state index is 0.151. The average molecular weight is 283 g/mol. The quantitative estimate of drug-likeness (QED) is 0.891. The van der Waals surface area contributed by atoms with Crippen LogP contribution in [0.3, 0.4) is 0 Å². The van der Waals surface area contributed by atoms with Crippen LogP contribution in [0.1, 0.15) is 37.7 Å². The van der Waals surface area contributed by atoms with Crippen LogP contribution < -0.4 is 0 Å². The summed E-state index contributed by atoms with van der Waals surface area (Å²) in [5, 5.41) is 10.2. The maximum Gasteiger partial charge on any atom is 0.0608 e. The molecule has 2 heteroatoms. The number of hydrogen-bond donors (Lipinski definition) is 1. The first-order valence-electron chi connectivity index (χ1n) is 6.18. The first-order chi connectivity index (χ1) is 7.75. The summed E-state index contributed by atoms with van der Waals surface area (Å²) < 4.78 is 1.10. The summed E-state index contributed by atoms with van der Waals surface area (Å²) in [6, 6.07) is 8.28. The van der Waals surface area contributed by atoms with E-state index in [4.69, 9.17) is 0 Å². The summed E-state index contributed by atoms with van der Waals surface area (Å²) in [6.07, 6.45) is 7.00. The molecule has 0 bridgehead atoms. The molecular weight excluding hydrogens is 264 g/mol. The molecule has 1 nitrogen and oxygen atoms in total. The van der Waals surface area contributed by atoms with Crippen LogP contribution in [0.15, 0.2) is 28.7 Å². The van der Waals surface area contributed by atoms with Gasteiger partial charge in [0.25, 0.3) is 0 Å². The van der Waals surface area contributed by atoms with Crippen molar-refractivity contribution in [2.24, 2.45) is 5.92 Å². The van der Waals surface area contributed by atoms with Gasteiger partial charge in [-0.25, -0.2) is 0 Å². The van der Waals surface area contributed by atoms with Crippen molar-refractivity contribution in [1.82, 2.24) is 0 Å². The van der Waals surface area contributed by atoms with Crippen molar-refractivity contribution in [2.75, 3.05) is 0 Å². The predicted octanol–water partition coefficient (Wildman–Crippen LogP) is 3.93. The van der Waals surface area contributed by atoms with Crippen molar-refractivity contribution in [2.45, 2.75) is 44.6 Å². The summed E-state index contributed by atoms with van der Waals surface area (Å²) in [5.74, 6) is 0.525. The van der Waals surface area contributed by atoms with Crippen molar-refractivity contribution in [3.05, 3.63) is 34.3 Å². The molecule has 0 heterocycles. The zero-order valence-electron chi connectivity index (χ0n) is 9.53. The minimum atomic E-state index is -0.151. The highest BCUT2D eigenvalue weighted by atomic mass is 79.9. The molecule has 1 aliphatic carbocycles. The molecule has 1 N–H and O–H groups in total. The van der Waals surface area contributed by atoms with E-state index in [-0.39, 0.29) is 6.10 Å². The molecule has 0 aliphatic heterocycles. The Balaban J connectivity index is 1.90. The van der Waals surface area contributed by atoms with Gasteiger partial charge in [-0.3, -0.25) is 0 Å². The first-order valence-corrected chi connectivity index (χ1v) is 6.97. The smallest absolute Gasteiger partial charge is 0.0608 e. The van der Waals surface area contributed by atoms with Crippen molar-refractivity contribution < 1.29 is 5.11 Å². The fraction of sp³-hybridized carbons (Fsp3) is 0.571. The van der Waals surface area contributed by atoms with Crippen LogP contribution in [0.4, 0.5) is 0 Å². The molecule has 1 aromatic carbocycles. The fourth-order valence-corrected chi connectivity index (χ4v) is 2.81. The summed E-state index contributed by atoms with van der Waals surface area (Å²) in [5.41, 5.74) is 1.24. The first kappa shape index (κ1) is 12.1. The van der Waals surface area contributed by atoms with Gasteiger partial charge in [0.15, 0.2) is 0 Å². The van der Waals surface area contributed by atoms with Crippen LogP contribution in [0.2, 0.25) is 0 Å². The number of benzene rings is 1. The highest BCUT2D eigenvalue weighted by Crippen LogP contribution is 2.28. The van der Waals surface area contributed by atoms with Gasteiger partial charge in [-0.1, -0.05) is 47.3 Å². The summed E-state index contributed by atoms with van der Waals surface area (Å²) in [4.78, 5) is 0. The maximum absolute atomic E-state index is 10.2. The molecule has 0 amide bonds. The fourth-order valence-electron chi connectivity index (χ4n) is 2.55. The third-order valence-electron chi connectivity index (χ3n) is 3.55. The van der Waals surface area contributed by atoms with E-state index < -0.39 is 0 Å². The van der Waals surface area contributed by atoms with Crippen molar-refractivity contribution in [1.29, 1.82) is 0 Å². The lowest BCUT2D eigenvalue weighted by molar-refractivity contribution is 0.0851. The number of halogens is 1. The van der Waals surface area contributed by atoms with Crippen LogP contribution in [0.25, 0.3) is 0 Å². The van der Waals surface area contributed by atoms with Crippen LogP contribution in [-0.2, 0) is 6.42 Å². The molecule has 1 unspecified atom stereocenters. The van der Waals surface area contributed by atoms with Gasteiger partial charge in [0.2, 0.25) is 0 Å². The van der Waals surface area contributed by atoms with Gasteiger partial charge in [-0.15, -0.1) is 0 Å². The highest BCUT2D eigenvalue weighted by Gasteiger charge is 2.21. The predicted molar refractivity (Wildman–Crippen MR) is 70.4 cm³/mol. The van der Waals surface area contributed by atoms with E-state index in [1.807, 2.05) is 12.1 Å². The van der Waals surface area contributed by atoms with E-state index in [1.54, 1.807) is 0 Å². The lowest BCUT2D eigenvalue weighted by Gasteiger charge is -2.26. The Morgan fingerprint density at radius 1 is 1.12 bits per heavy atom. The second-order valence-corrected chi connectivity index (χ2v) is 5.71. The highest BCUT2D eigenvalue weighted by molar-refractivity contribution is 9.10. The largest absolute Gasteiger partial charge is 0.392 e. The van der Waals surface area contributed by atoms with Gasteiger partial charge in [0.05, 0.1) is 6.10 Å². The average Bonchev–Trinajstić information content (AvgIpc) is 2.33. The van der Waals surface area contributed by atoms with Crippen LogP contribution in [-0.4, -0.2) is 11.2 Å². The molecule has 0 aromatic heterocycles. The normalized spacial score (nSPS) is 19.6. The molecule has 0 spiro atoms. The third-order valence-corrected chi connectivity index (χ3v) is 4.08. The monoisotopic (exact) mass is 282 g/mol. The Labute approximate surface area is 106 Å². The van der Waals surface area contributed by atoms with Gasteiger partial charge in [-0.05, 0) is 42.9 Å². The summed E-state index contributed by atoms with van der Waals surface area (Å²) >= 11 is 3.43. The summed E-state index contributed by atoms with van der Waals surface area (Å²) in [6.45, 7) is 0. The SMILES string of the molecule is OC(Cc1ccc(Br)cc1)C1CCCCC1. The van der Waals surface area contributed by atoms with Gasteiger partial charge >= 0.3 is 0 Å². The molecule has 0 saturated heterocycles. The van der Waals surface area contributed by atoms with E-state index in [1.165, 1.54) is 37.7 Å². The number of aliphatic hydroxyl groups excluding tert-OH is 1. The lowest BCUT2D eigenvalue weighted by Crippen LogP contribution is -2.24.